The van der Waals surface area contributed by atoms with E-state index in [-0.39, 0.29) is 12.7 Å². The van der Waals surface area contributed by atoms with Crippen LogP contribution in [0.5, 0.6) is 5.75 Å². The Morgan fingerprint density at radius 3 is 2.78 bits per heavy atom. The van der Waals surface area contributed by atoms with Crippen molar-refractivity contribution in [1.82, 2.24) is 4.90 Å². The predicted octanol–water partition coefficient (Wildman–Crippen LogP) is 3.73. The average molecular weight is 315 g/mol. The maximum atomic E-state index is 9.14. The normalized spacial score (nSPS) is 18.3. The first-order chi connectivity index (χ1) is 11.3. The minimum atomic E-state index is -0.0505. The van der Waals surface area contributed by atoms with E-state index in [9.17, 15) is 0 Å². The van der Waals surface area contributed by atoms with Crippen molar-refractivity contribution in [2.45, 2.75) is 52.0 Å². The number of benzene rings is 1. The van der Waals surface area contributed by atoms with Crippen LogP contribution in [0.3, 0.4) is 0 Å². The molecule has 3 rings (SSSR count). The number of aliphatic hydroxyl groups is 1. The van der Waals surface area contributed by atoms with Crippen LogP contribution in [0.1, 0.15) is 43.3 Å². The van der Waals surface area contributed by atoms with Crippen LogP contribution in [0.4, 0.5) is 0 Å². The molecule has 124 valence electrons. The molecule has 1 aromatic carbocycles. The van der Waals surface area contributed by atoms with Crippen LogP contribution >= 0.6 is 0 Å². The van der Waals surface area contributed by atoms with Gasteiger partial charge in [-0.1, -0.05) is 31.5 Å². The highest BCUT2D eigenvalue weighted by molar-refractivity contribution is 5.34. The number of nitrogens with zero attached hydrogens (tertiary/aromatic N) is 1. The zero-order chi connectivity index (χ0) is 16.1. The Bertz CT molecular complexity index is 623. The second-order valence-electron chi connectivity index (χ2n) is 6.19. The molecule has 0 aliphatic carbocycles. The third-order valence-corrected chi connectivity index (χ3v) is 4.25. The summed E-state index contributed by atoms with van der Waals surface area (Å²) in [5.74, 6) is 2.52. The highest BCUT2D eigenvalue weighted by atomic mass is 16.5. The summed E-state index contributed by atoms with van der Waals surface area (Å²) >= 11 is 0. The molecule has 0 saturated heterocycles. The van der Waals surface area contributed by atoms with Crippen molar-refractivity contribution in [3.05, 3.63) is 53.5 Å². The minimum Gasteiger partial charge on any atom is -0.489 e. The molecule has 1 aliphatic heterocycles. The third kappa shape index (κ3) is 4.15. The van der Waals surface area contributed by atoms with Crippen molar-refractivity contribution >= 4 is 0 Å². The van der Waals surface area contributed by atoms with Gasteiger partial charge in [0.1, 0.15) is 30.0 Å². The molecule has 1 N–H and O–H groups in total. The van der Waals surface area contributed by atoms with Gasteiger partial charge in [-0.2, -0.15) is 0 Å². The monoisotopic (exact) mass is 315 g/mol. The first-order valence-corrected chi connectivity index (χ1v) is 8.44. The molecule has 2 aromatic rings. The lowest BCUT2D eigenvalue weighted by molar-refractivity contribution is 0.127. The van der Waals surface area contributed by atoms with Gasteiger partial charge in [0, 0.05) is 18.7 Å². The number of ether oxygens (including phenoxy) is 1. The fraction of sp³-hybridized carbons (Fsp3) is 0.474. The van der Waals surface area contributed by atoms with E-state index in [4.69, 9.17) is 14.3 Å². The van der Waals surface area contributed by atoms with Gasteiger partial charge in [-0.15, -0.1) is 0 Å². The Labute approximate surface area is 137 Å². The zero-order valence-electron chi connectivity index (χ0n) is 13.7. The van der Waals surface area contributed by atoms with Gasteiger partial charge < -0.3 is 14.3 Å². The Morgan fingerprint density at radius 1 is 1.17 bits per heavy atom. The Hall–Kier alpha value is -1.78. The molecule has 0 amide bonds. The van der Waals surface area contributed by atoms with Gasteiger partial charge >= 0.3 is 0 Å². The maximum absolute atomic E-state index is 9.14. The third-order valence-electron chi connectivity index (χ3n) is 4.25. The molecular weight excluding hydrogens is 290 g/mol. The Balaban J connectivity index is 1.75. The second kappa shape index (κ2) is 7.66. The number of furan rings is 1. The number of para-hydroxylation sites is 1. The zero-order valence-corrected chi connectivity index (χ0v) is 13.7. The highest BCUT2D eigenvalue weighted by Gasteiger charge is 2.23. The average Bonchev–Trinajstić information content (AvgIpc) is 2.93. The molecule has 0 radical (unpaired) electrons. The van der Waals surface area contributed by atoms with Gasteiger partial charge in [-0.25, -0.2) is 0 Å². The fourth-order valence-electron chi connectivity index (χ4n) is 3.07. The standard InChI is InChI=1S/C19H25NO3/c1-2-3-7-16-12-20(13-17-9-10-18(14-21)22-17)11-15-6-4-5-8-19(15)23-16/h4-6,8-10,16,21H,2-3,7,11-14H2,1H3. The van der Waals surface area contributed by atoms with Crippen LogP contribution in [-0.2, 0) is 19.7 Å². The molecule has 0 fully saturated rings. The molecule has 1 unspecified atom stereocenters. The van der Waals surface area contributed by atoms with Crippen molar-refractivity contribution < 1.29 is 14.3 Å². The first kappa shape index (κ1) is 16.1. The molecule has 4 heteroatoms. The van der Waals surface area contributed by atoms with Crippen LogP contribution in [0.2, 0.25) is 0 Å². The molecule has 0 bridgehead atoms. The van der Waals surface area contributed by atoms with Crippen LogP contribution in [-0.4, -0.2) is 22.7 Å². The molecule has 0 saturated carbocycles. The number of hydrogen-bond donors (Lipinski definition) is 1. The van der Waals surface area contributed by atoms with Crippen LogP contribution < -0.4 is 4.74 Å². The lowest BCUT2D eigenvalue weighted by atomic mass is 10.1. The van der Waals surface area contributed by atoms with Gasteiger partial charge in [-0.3, -0.25) is 4.90 Å². The molecular formula is C19H25NO3. The summed E-state index contributed by atoms with van der Waals surface area (Å²) in [7, 11) is 0. The van der Waals surface area contributed by atoms with E-state index in [1.807, 2.05) is 18.2 Å². The molecule has 1 atom stereocenters. The van der Waals surface area contributed by atoms with E-state index in [0.29, 0.717) is 5.76 Å². The number of unbranched alkanes of at least 4 members (excludes halogenated alkanes) is 1. The summed E-state index contributed by atoms with van der Waals surface area (Å²) in [6, 6.07) is 12.1. The van der Waals surface area contributed by atoms with Crippen molar-refractivity contribution in [2.75, 3.05) is 6.54 Å². The molecule has 1 aromatic heterocycles. The van der Waals surface area contributed by atoms with Crippen LogP contribution in [0.15, 0.2) is 40.8 Å². The second-order valence-corrected chi connectivity index (χ2v) is 6.19. The fourth-order valence-corrected chi connectivity index (χ4v) is 3.07. The van der Waals surface area contributed by atoms with Crippen molar-refractivity contribution in [3.63, 3.8) is 0 Å². The summed E-state index contributed by atoms with van der Waals surface area (Å²) in [5, 5.41) is 9.14. The van der Waals surface area contributed by atoms with E-state index in [1.165, 1.54) is 18.4 Å². The number of aliphatic hydroxyl groups excluding tert-OH is 1. The van der Waals surface area contributed by atoms with E-state index >= 15 is 0 Å². The van der Waals surface area contributed by atoms with E-state index in [2.05, 4.69) is 30.0 Å². The quantitative estimate of drug-likeness (QED) is 0.882. The van der Waals surface area contributed by atoms with Gasteiger partial charge in [0.25, 0.3) is 0 Å². The lowest BCUT2D eigenvalue weighted by Crippen LogP contribution is -2.32. The van der Waals surface area contributed by atoms with E-state index in [0.717, 1.165) is 37.6 Å². The van der Waals surface area contributed by atoms with Gasteiger partial charge in [-0.05, 0) is 31.0 Å². The lowest BCUT2D eigenvalue weighted by Gasteiger charge is -2.23. The SMILES string of the molecule is CCCCC1CN(Cc2ccc(CO)o2)Cc2ccccc2O1. The van der Waals surface area contributed by atoms with Crippen LogP contribution in [0, 0.1) is 0 Å². The van der Waals surface area contributed by atoms with Gasteiger partial charge in [0.05, 0.1) is 6.54 Å². The number of fused-ring (bicyclic) bond motifs is 1. The highest BCUT2D eigenvalue weighted by Crippen LogP contribution is 2.27. The molecule has 23 heavy (non-hydrogen) atoms. The van der Waals surface area contributed by atoms with Gasteiger partial charge in [0.2, 0.25) is 0 Å². The topological polar surface area (TPSA) is 45.8 Å². The van der Waals surface area contributed by atoms with Crippen molar-refractivity contribution in [1.29, 1.82) is 0 Å². The van der Waals surface area contributed by atoms with E-state index < -0.39 is 0 Å². The molecule has 1 aliphatic rings. The van der Waals surface area contributed by atoms with Crippen molar-refractivity contribution in [3.8, 4) is 5.75 Å². The largest absolute Gasteiger partial charge is 0.489 e. The summed E-state index contributed by atoms with van der Waals surface area (Å²) in [4.78, 5) is 2.37. The van der Waals surface area contributed by atoms with Crippen LogP contribution in [0.25, 0.3) is 0 Å². The maximum Gasteiger partial charge on any atom is 0.129 e. The predicted molar refractivity (Wildman–Crippen MR) is 89.1 cm³/mol. The first-order valence-electron chi connectivity index (χ1n) is 8.44. The van der Waals surface area contributed by atoms with Gasteiger partial charge in [0.15, 0.2) is 0 Å². The van der Waals surface area contributed by atoms with Crippen molar-refractivity contribution in [2.24, 2.45) is 0 Å². The molecule has 0 spiro atoms. The summed E-state index contributed by atoms with van der Waals surface area (Å²) in [6.07, 6.45) is 3.64. The number of rotatable bonds is 6. The summed E-state index contributed by atoms with van der Waals surface area (Å²) in [5.41, 5.74) is 1.22. The smallest absolute Gasteiger partial charge is 0.129 e. The number of hydrogen-bond acceptors (Lipinski definition) is 4. The molecule has 2 heterocycles. The Morgan fingerprint density at radius 2 is 2.00 bits per heavy atom. The Kier molecular flexibility index (Phi) is 5.36. The minimum absolute atomic E-state index is 0.0505. The summed E-state index contributed by atoms with van der Waals surface area (Å²) in [6.45, 7) is 4.64. The van der Waals surface area contributed by atoms with E-state index in [1.54, 1.807) is 0 Å². The molecule has 4 nitrogen and oxygen atoms in total. The summed E-state index contributed by atoms with van der Waals surface area (Å²) < 4.78 is 11.9.